The normalized spacial score (nSPS) is 14.1. The predicted molar refractivity (Wildman–Crippen MR) is 55.2 cm³/mol. The molecule has 0 unspecified atom stereocenters. The summed E-state index contributed by atoms with van der Waals surface area (Å²) in [6, 6.07) is 0. The van der Waals surface area contributed by atoms with Crippen LogP contribution in [-0.4, -0.2) is 38.7 Å². The molecule has 0 aromatic rings. The fourth-order valence-electron chi connectivity index (χ4n) is 0.946. The Balaban J connectivity index is 5.47. The molecule has 0 fully saturated rings. The number of allylic oxidation sites excluding steroid dienone is 3. The Hall–Kier alpha value is -1.70. The second kappa shape index (κ2) is 6.14. The van der Waals surface area contributed by atoms with E-state index in [1.54, 1.807) is 0 Å². The Morgan fingerprint density at radius 3 is 2.29 bits per heavy atom. The molecule has 0 aliphatic heterocycles. The van der Waals surface area contributed by atoms with Gasteiger partial charge in [0.1, 0.15) is 5.70 Å². The van der Waals surface area contributed by atoms with E-state index in [2.05, 4.69) is 10.2 Å². The summed E-state index contributed by atoms with van der Waals surface area (Å²) in [6.45, 7) is 0. The largest absolute Gasteiger partial charge is 0.433 e. The Kier molecular flexibility index (Phi) is 5.52. The highest BCUT2D eigenvalue weighted by molar-refractivity contribution is 5.74. The van der Waals surface area contributed by atoms with Gasteiger partial charge in [-0.1, -0.05) is 0 Å². The summed E-state index contributed by atoms with van der Waals surface area (Å²) in [7, 11) is 3.53. The van der Waals surface area contributed by atoms with Gasteiger partial charge in [0.25, 0.3) is 0 Å². The van der Waals surface area contributed by atoms with E-state index in [1.165, 1.54) is 7.05 Å². The highest BCUT2D eigenvalue weighted by atomic mass is 19.4. The van der Waals surface area contributed by atoms with Crippen molar-refractivity contribution in [2.24, 2.45) is 5.73 Å². The number of carbonyl (C=O) groups excluding carboxylic acids is 1. The smallest absolute Gasteiger partial charge is 0.397 e. The minimum absolute atomic E-state index is 0.142. The Morgan fingerprint density at radius 2 is 2.00 bits per heavy atom. The van der Waals surface area contributed by atoms with Crippen LogP contribution in [0.15, 0.2) is 23.2 Å². The number of rotatable bonds is 5. The zero-order chi connectivity index (χ0) is 13.6. The van der Waals surface area contributed by atoms with Gasteiger partial charge in [-0.3, -0.25) is 14.7 Å². The van der Waals surface area contributed by atoms with Crippen LogP contribution >= 0.6 is 0 Å². The Morgan fingerprint density at radius 1 is 1.47 bits per heavy atom. The Bertz CT molecular complexity index is 337. The molecule has 0 radical (unpaired) electrons. The van der Waals surface area contributed by atoms with Gasteiger partial charge in [0.15, 0.2) is 6.29 Å². The van der Waals surface area contributed by atoms with Crippen LogP contribution in [0.5, 0.6) is 0 Å². The van der Waals surface area contributed by atoms with Crippen LogP contribution < -0.4 is 11.1 Å². The summed E-state index contributed by atoms with van der Waals surface area (Å²) in [6.07, 6.45) is -3.70. The molecule has 0 aliphatic carbocycles. The van der Waals surface area contributed by atoms with E-state index in [4.69, 9.17) is 5.73 Å². The molecule has 17 heavy (non-hydrogen) atoms. The summed E-state index contributed by atoms with van der Waals surface area (Å²) in [5.41, 5.74) is 3.76. The lowest BCUT2D eigenvalue weighted by Crippen LogP contribution is -2.29. The molecule has 0 amide bonds. The minimum Gasteiger partial charge on any atom is -0.397 e. The van der Waals surface area contributed by atoms with Crippen molar-refractivity contribution in [2.45, 2.75) is 6.18 Å². The van der Waals surface area contributed by atoms with Gasteiger partial charge in [-0.25, -0.2) is 0 Å². The molecule has 0 bridgehead atoms. The average molecular weight is 253 g/mol. The number of nitrogens with zero attached hydrogens (tertiary/aromatic N) is 1. The number of nitrogens with one attached hydrogen (secondary N) is 1. The average Bonchev–Trinajstić information content (AvgIpc) is 2.25. The molecular formula is C9H14F3N3O2. The molecular weight excluding hydrogens is 239 g/mol. The third-order valence-electron chi connectivity index (χ3n) is 1.89. The summed E-state index contributed by atoms with van der Waals surface area (Å²) in [4.78, 5) is 14.9. The number of hydroxylamine groups is 2. The quantitative estimate of drug-likeness (QED) is 0.323. The number of alkyl halides is 3. The lowest BCUT2D eigenvalue weighted by Gasteiger charge is -2.22. The van der Waals surface area contributed by atoms with Crippen molar-refractivity contribution < 1.29 is 22.8 Å². The van der Waals surface area contributed by atoms with Crippen molar-refractivity contribution in [3.63, 3.8) is 0 Å². The van der Waals surface area contributed by atoms with Gasteiger partial charge in [-0.15, -0.1) is 0 Å². The minimum atomic E-state index is -4.64. The third-order valence-corrected chi connectivity index (χ3v) is 1.89. The highest BCUT2D eigenvalue weighted by Gasteiger charge is 2.37. The first kappa shape index (κ1) is 15.3. The van der Waals surface area contributed by atoms with E-state index in [1.807, 2.05) is 0 Å². The molecule has 98 valence electrons. The van der Waals surface area contributed by atoms with Gasteiger partial charge in [0, 0.05) is 14.1 Å². The van der Waals surface area contributed by atoms with E-state index in [0.717, 1.165) is 14.2 Å². The van der Waals surface area contributed by atoms with Crippen LogP contribution in [0.2, 0.25) is 0 Å². The van der Waals surface area contributed by atoms with E-state index in [-0.39, 0.29) is 11.4 Å². The van der Waals surface area contributed by atoms with Crippen LogP contribution in [0.25, 0.3) is 0 Å². The Labute approximate surface area is 96.7 Å². The summed E-state index contributed by atoms with van der Waals surface area (Å²) in [5.74, 6) is 0. The third kappa shape index (κ3) is 4.35. The van der Waals surface area contributed by atoms with Gasteiger partial charge >= 0.3 is 6.18 Å². The molecule has 0 atom stereocenters. The van der Waals surface area contributed by atoms with Crippen LogP contribution in [0.1, 0.15) is 0 Å². The van der Waals surface area contributed by atoms with Crippen molar-refractivity contribution in [3.05, 3.63) is 23.2 Å². The number of carbonyl (C=O) groups is 1. The number of aldehydes is 1. The molecule has 0 saturated heterocycles. The standard InChI is InChI=1S/C9H14F3N3O2/c1-14-7(5-16)6(13)4-8(9(10,11)12)15(2)17-3/h4-5,14H,13H2,1-3H3/b7-6-,8-4-. The van der Waals surface area contributed by atoms with Gasteiger partial charge in [0.2, 0.25) is 0 Å². The molecule has 8 heteroatoms. The molecule has 5 nitrogen and oxygen atoms in total. The first-order chi connectivity index (χ1) is 7.77. The molecule has 0 aromatic heterocycles. The molecule has 3 N–H and O–H groups in total. The first-order valence-corrected chi connectivity index (χ1v) is 4.47. The van der Waals surface area contributed by atoms with E-state index < -0.39 is 11.9 Å². The highest BCUT2D eigenvalue weighted by Crippen LogP contribution is 2.28. The lowest BCUT2D eigenvalue weighted by atomic mass is 10.2. The fraction of sp³-hybridized carbons (Fsp3) is 0.444. The van der Waals surface area contributed by atoms with Crippen LogP contribution in [0, 0.1) is 0 Å². The van der Waals surface area contributed by atoms with Crippen molar-refractivity contribution in [2.75, 3.05) is 21.2 Å². The topological polar surface area (TPSA) is 67.6 Å². The summed E-state index contributed by atoms with van der Waals surface area (Å²) < 4.78 is 37.8. The summed E-state index contributed by atoms with van der Waals surface area (Å²) in [5, 5.41) is 2.89. The predicted octanol–water partition coefficient (Wildman–Crippen LogP) is 0.514. The zero-order valence-electron chi connectivity index (χ0n) is 9.63. The SMILES string of the molecule is CN/C(C=O)=C(N)/C=C(\N(C)OC)C(F)(F)F. The molecule has 0 aromatic carbocycles. The number of hydrogen-bond donors (Lipinski definition) is 2. The van der Waals surface area contributed by atoms with Crippen LogP contribution in [0.3, 0.4) is 0 Å². The van der Waals surface area contributed by atoms with E-state index in [0.29, 0.717) is 17.4 Å². The first-order valence-electron chi connectivity index (χ1n) is 4.47. The lowest BCUT2D eigenvalue weighted by molar-refractivity contribution is -0.170. The van der Waals surface area contributed by atoms with Gasteiger partial charge < -0.3 is 11.1 Å². The van der Waals surface area contributed by atoms with Gasteiger partial charge in [0.05, 0.1) is 18.5 Å². The second-order valence-electron chi connectivity index (χ2n) is 2.94. The van der Waals surface area contributed by atoms with Crippen molar-refractivity contribution in [1.82, 2.24) is 10.4 Å². The number of halogens is 3. The van der Waals surface area contributed by atoms with E-state index >= 15 is 0 Å². The van der Waals surface area contributed by atoms with Crippen LogP contribution in [-0.2, 0) is 9.63 Å². The van der Waals surface area contributed by atoms with Gasteiger partial charge in [-0.05, 0) is 6.08 Å². The van der Waals surface area contributed by atoms with E-state index in [9.17, 15) is 18.0 Å². The molecule has 0 rings (SSSR count). The second-order valence-corrected chi connectivity index (χ2v) is 2.94. The molecule has 0 aliphatic rings. The maximum absolute atomic E-state index is 12.6. The fourth-order valence-corrected chi connectivity index (χ4v) is 0.946. The summed E-state index contributed by atoms with van der Waals surface area (Å²) >= 11 is 0. The maximum atomic E-state index is 12.6. The molecule has 0 saturated carbocycles. The monoisotopic (exact) mass is 253 g/mol. The number of likely N-dealkylation sites (N-methyl/N-ethyl adjacent to an activating group) is 1. The van der Waals surface area contributed by atoms with Gasteiger partial charge in [-0.2, -0.15) is 13.2 Å². The number of nitrogens with two attached hydrogens (primary N) is 1. The zero-order valence-corrected chi connectivity index (χ0v) is 9.63. The van der Waals surface area contributed by atoms with Crippen LogP contribution in [0.4, 0.5) is 13.2 Å². The van der Waals surface area contributed by atoms with Crippen molar-refractivity contribution >= 4 is 6.29 Å². The molecule has 0 heterocycles. The van der Waals surface area contributed by atoms with Crippen molar-refractivity contribution in [1.29, 1.82) is 0 Å². The maximum Gasteiger partial charge on any atom is 0.433 e. The molecule has 0 spiro atoms. The van der Waals surface area contributed by atoms with Crippen molar-refractivity contribution in [3.8, 4) is 0 Å². The number of hydrogen-bond acceptors (Lipinski definition) is 5.